The fourth-order valence-corrected chi connectivity index (χ4v) is 9.38. The third kappa shape index (κ3) is 9.66. The quantitative estimate of drug-likeness (QED) is 0.147. The van der Waals surface area contributed by atoms with E-state index in [1.54, 1.807) is 6.07 Å². The molecule has 4 nitrogen and oxygen atoms in total. The Kier molecular flexibility index (Phi) is 12.2. The van der Waals surface area contributed by atoms with Gasteiger partial charge in [0.15, 0.2) is 0 Å². The number of para-hydroxylation sites is 1. The number of nitrogens with zero attached hydrogens (tertiary/aromatic N) is 3. The van der Waals surface area contributed by atoms with E-state index in [1.165, 1.54) is 5.56 Å². The maximum Gasteiger partial charge on any atom is 0.148 e. The van der Waals surface area contributed by atoms with E-state index < -0.39 is 18.2 Å². The molecule has 0 bridgehead atoms. The van der Waals surface area contributed by atoms with Crippen molar-refractivity contribution in [1.29, 1.82) is 0 Å². The standard InChI is InChI=1S/C64H64N3O.Pt/c1-39(2)51-20-16-21-52(40(3)4)59(51)46-28-29-57(42(6)32-46)67-58-23-17-22-53(60(58)66-62(67)54-37-50(63(7,8)9)38-55(61(54)68)64(10,11)12)48-33-47(43-18-14-13-15-19-43)34-49(35-48)56-36-45(30-31-65-56)44-26-24-41(5)25-27-44;/h13-34,36-40,68H,1-12H3;/q-1;/i6D3,39D;. The summed E-state index contributed by atoms with van der Waals surface area (Å²) in [6, 6.07) is 52.7. The molecule has 0 radical (unpaired) electrons. The number of fused-ring (bicyclic) bond motifs is 1. The second kappa shape index (κ2) is 19.2. The van der Waals surface area contributed by atoms with Gasteiger partial charge in [0.2, 0.25) is 0 Å². The minimum absolute atomic E-state index is 0. The van der Waals surface area contributed by atoms with Gasteiger partial charge in [0, 0.05) is 44.0 Å². The van der Waals surface area contributed by atoms with Gasteiger partial charge in [-0.05, 0) is 117 Å². The van der Waals surface area contributed by atoms with Crippen LogP contribution in [-0.2, 0) is 31.9 Å². The Balaban J connectivity index is 0.00000711. The SMILES string of the molecule is [2H]C([2H])([2H])c1cc(-c2c(C(C)C)cccc2C([2H])(C)C)ccc1-n1c(-c2cc(C(C)(C)C)cc(C(C)(C)C)c2O)nc2c(-c3[c-]c(-c4cc(-c5ccc(C)cc5)ccn4)cc(-c4ccccc4)c3)cccc21.[Pt]. The van der Waals surface area contributed by atoms with E-state index in [-0.39, 0.29) is 43.7 Å². The van der Waals surface area contributed by atoms with Crippen molar-refractivity contribution >= 4 is 11.0 Å². The minimum atomic E-state index is -2.58. The molecule has 0 saturated heterocycles. The topological polar surface area (TPSA) is 50.9 Å². The molecule has 352 valence electrons. The molecule has 9 aromatic rings. The number of aromatic nitrogens is 3. The molecule has 5 heteroatoms. The van der Waals surface area contributed by atoms with Crippen molar-refractivity contribution in [3.8, 4) is 78.6 Å². The zero-order valence-electron chi connectivity index (χ0n) is 45.6. The van der Waals surface area contributed by atoms with Crippen LogP contribution in [0.15, 0.2) is 152 Å². The van der Waals surface area contributed by atoms with Crippen LogP contribution < -0.4 is 0 Å². The Labute approximate surface area is 430 Å². The number of hydrogen-bond acceptors (Lipinski definition) is 3. The van der Waals surface area contributed by atoms with Gasteiger partial charge in [0.25, 0.3) is 0 Å². The number of aromatic hydroxyl groups is 1. The van der Waals surface area contributed by atoms with Crippen molar-refractivity contribution in [2.45, 2.75) is 106 Å². The summed E-state index contributed by atoms with van der Waals surface area (Å²) in [6.45, 7) is 20.2. The molecule has 2 heterocycles. The molecule has 0 spiro atoms. The molecule has 0 aliphatic carbocycles. The summed E-state index contributed by atoms with van der Waals surface area (Å²) in [6.07, 6.45) is 1.84. The molecule has 0 amide bonds. The van der Waals surface area contributed by atoms with Gasteiger partial charge in [-0.15, -0.1) is 23.8 Å². The Morgan fingerprint density at radius 1 is 0.638 bits per heavy atom. The molecule has 0 unspecified atom stereocenters. The van der Waals surface area contributed by atoms with E-state index in [9.17, 15) is 10.6 Å². The van der Waals surface area contributed by atoms with Crippen LogP contribution >= 0.6 is 0 Å². The maximum atomic E-state index is 12.6. The van der Waals surface area contributed by atoms with Crippen molar-refractivity contribution in [3.63, 3.8) is 0 Å². The summed E-state index contributed by atoms with van der Waals surface area (Å²) in [5.74, 6) is -0.347. The maximum absolute atomic E-state index is 12.6. The van der Waals surface area contributed by atoms with Gasteiger partial charge in [0.05, 0.1) is 22.3 Å². The van der Waals surface area contributed by atoms with Gasteiger partial charge >= 0.3 is 0 Å². The van der Waals surface area contributed by atoms with Crippen molar-refractivity contribution in [1.82, 2.24) is 14.5 Å². The van der Waals surface area contributed by atoms with Crippen molar-refractivity contribution < 1.29 is 31.7 Å². The average Bonchev–Trinajstić information content (AvgIpc) is 3.72. The van der Waals surface area contributed by atoms with Gasteiger partial charge in [-0.3, -0.25) is 9.55 Å². The third-order valence-electron chi connectivity index (χ3n) is 13.2. The molecule has 2 aromatic heterocycles. The van der Waals surface area contributed by atoms with Crippen LogP contribution in [0.5, 0.6) is 5.75 Å². The average molecular weight is 1090 g/mol. The molecule has 69 heavy (non-hydrogen) atoms. The van der Waals surface area contributed by atoms with Gasteiger partial charge in [-0.2, -0.15) is 0 Å². The third-order valence-corrected chi connectivity index (χ3v) is 13.2. The zero-order chi connectivity index (χ0) is 51.7. The van der Waals surface area contributed by atoms with E-state index in [4.69, 9.17) is 9.97 Å². The Morgan fingerprint density at radius 3 is 2.00 bits per heavy atom. The first-order chi connectivity index (χ1) is 33.9. The van der Waals surface area contributed by atoms with Crippen LogP contribution in [0.3, 0.4) is 0 Å². The fraction of sp³-hybridized carbons (Fsp3) is 0.250. The first-order valence-electron chi connectivity index (χ1n) is 25.7. The zero-order valence-corrected chi connectivity index (χ0v) is 43.9. The van der Waals surface area contributed by atoms with Gasteiger partial charge in [-0.25, -0.2) is 4.98 Å². The number of phenolic OH excluding ortho intramolecular Hbond substituents is 1. The number of hydrogen-bond donors (Lipinski definition) is 1. The van der Waals surface area contributed by atoms with Crippen LogP contribution in [0.4, 0.5) is 0 Å². The molecule has 9 rings (SSSR count). The smallest absolute Gasteiger partial charge is 0.148 e. The molecular weight excluding hydrogens is 1020 g/mol. The Morgan fingerprint density at radius 2 is 1.32 bits per heavy atom. The van der Waals surface area contributed by atoms with E-state index in [0.29, 0.717) is 28.1 Å². The second-order valence-corrected chi connectivity index (χ2v) is 20.9. The minimum Gasteiger partial charge on any atom is -0.507 e. The Bertz CT molecular complexity index is 3500. The summed E-state index contributed by atoms with van der Waals surface area (Å²) in [5.41, 5.74) is 15.2. The molecule has 1 N–H and O–H groups in total. The van der Waals surface area contributed by atoms with Crippen LogP contribution in [0.2, 0.25) is 0 Å². The number of phenols is 1. The molecule has 0 atom stereocenters. The number of benzene rings is 7. The predicted octanol–water partition coefficient (Wildman–Crippen LogP) is 17.4. The van der Waals surface area contributed by atoms with Crippen molar-refractivity contribution in [2.24, 2.45) is 0 Å². The van der Waals surface area contributed by atoms with Crippen LogP contribution in [-0.4, -0.2) is 19.6 Å². The Hall–Kier alpha value is -6.35. The normalized spacial score (nSPS) is 13.2. The van der Waals surface area contributed by atoms with E-state index in [0.717, 1.165) is 78.0 Å². The van der Waals surface area contributed by atoms with Crippen molar-refractivity contribution in [2.75, 3.05) is 0 Å². The number of imidazole rings is 1. The number of pyridine rings is 1. The summed E-state index contributed by atoms with van der Waals surface area (Å²) in [4.78, 5) is 10.5. The second-order valence-electron chi connectivity index (χ2n) is 20.9. The van der Waals surface area contributed by atoms with E-state index >= 15 is 0 Å². The van der Waals surface area contributed by atoms with Crippen LogP contribution in [0.25, 0.3) is 83.9 Å². The molecule has 0 aliphatic heterocycles. The van der Waals surface area contributed by atoms with Crippen LogP contribution in [0, 0.1) is 19.8 Å². The van der Waals surface area contributed by atoms with E-state index in [1.807, 2.05) is 97.4 Å². The summed E-state index contributed by atoms with van der Waals surface area (Å²) >= 11 is 0. The number of aryl methyl sites for hydroxylation is 2. The van der Waals surface area contributed by atoms with Gasteiger partial charge < -0.3 is 5.11 Å². The molecular formula is C64H64N3OPt-. The van der Waals surface area contributed by atoms with Gasteiger partial charge in [-0.1, -0.05) is 195 Å². The van der Waals surface area contributed by atoms with Gasteiger partial charge in [0.1, 0.15) is 11.6 Å². The monoisotopic (exact) mass is 1090 g/mol. The predicted molar refractivity (Wildman–Crippen MR) is 287 cm³/mol. The van der Waals surface area contributed by atoms with E-state index in [2.05, 4.69) is 135 Å². The van der Waals surface area contributed by atoms with Crippen LogP contribution in [0.1, 0.15) is 120 Å². The first kappa shape index (κ1) is 43.9. The summed E-state index contributed by atoms with van der Waals surface area (Å²) in [5, 5.41) is 12.6. The molecule has 7 aromatic carbocycles. The summed E-state index contributed by atoms with van der Waals surface area (Å²) < 4.78 is 38.8. The van der Waals surface area contributed by atoms with Crippen molar-refractivity contribution in [3.05, 3.63) is 191 Å². The fourth-order valence-electron chi connectivity index (χ4n) is 9.38. The number of rotatable bonds is 9. The largest absolute Gasteiger partial charge is 0.507 e. The molecule has 0 fully saturated rings. The summed E-state index contributed by atoms with van der Waals surface area (Å²) in [7, 11) is 0. The first-order valence-corrected chi connectivity index (χ1v) is 23.7. The molecule has 0 saturated carbocycles. The molecule has 0 aliphatic rings.